The van der Waals surface area contributed by atoms with Gasteiger partial charge in [-0.1, -0.05) is 43.7 Å². The van der Waals surface area contributed by atoms with Crippen LogP contribution in [-0.2, 0) is 30.3 Å². The molecule has 3 N–H and O–H groups in total. The molecule has 11 heteroatoms. The van der Waals surface area contributed by atoms with Crippen molar-refractivity contribution in [3.63, 3.8) is 0 Å². The van der Waals surface area contributed by atoms with Gasteiger partial charge in [0.05, 0.1) is 17.5 Å². The Hall–Kier alpha value is -4.48. The molecule has 3 saturated carbocycles. The Morgan fingerprint density at radius 2 is 1.79 bits per heavy atom. The number of esters is 2. The van der Waals surface area contributed by atoms with E-state index in [0.717, 1.165) is 18.4 Å². The summed E-state index contributed by atoms with van der Waals surface area (Å²) in [6.07, 6.45) is 7.21. The van der Waals surface area contributed by atoms with Gasteiger partial charge >= 0.3 is 11.9 Å². The van der Waals surface area contributed by atoms with Crippen LogP contribution >= 0.6 is 0 Å². The van der Waals surface area contributed by atoms with Gasteiger partial charge < -0.3 is 24.8 Å². The fourth-order valence-corrected chi connectivity index (χ4v) is 9.38. The Bertz CT molecular complexity index is 1870. The van der Waals surface area contributed by atoms with E-state index in [9.17, 15) is 34.5 Å². The van der Waals surface area contributed by atoms with Crippen LogP contribution in [0.3, 0.4) is 0 Å². The predicted octanol–water partition coefficient (Wildman–Crippen LogP) is 6.82. The number of Topliss-reactive ketones (excluding diaryl/α,β-unsaturated/α-hetero) is 1. The number of allylic oxidation sites excluding steroid dienone is 4. The number of carbonyl (C=O) groups excluding carboxylic acids is 4. The fourth-order valence-electron chi connectivity index (χ4n) is 9.38. The molecular weight excluding hydrogens is 664 g/mol. The van der Waals surface area contributed by atoms with E-state index in [-0.39, 0.29) is 60.5 Å². The van der Waals surface area contributed by atoms with Gasteiger partial charge in [-0.25, -0.2) is 4.79 Å². The monoisotopic (exact) mass is 712 g/mol. The van der Waals surface area contributed by atoms with Crippen molar-refractivity contribution in [1.29, 1.82) is 0 Å². The highest BCUT2D eigenvalue weighted by molar-refractivity contribution is 6.01. The number of azo groups is 1. The Kier molecular flexibility index (Phi) is 9.91. The molecule has 0 heterocycles. The molecule has 0 saturated heterocycles. The molecule has 0 radical (unpaired) electrons. The second-order valence-corrected chi connectivity index (χ2v) is 16.2. The molecule has 276 valence electrons. The predicted molar refractivity (Wildman–Crippen MR) is 191 cm³/mol. The van der Waals surface area contributed by atoms with Crippen molar-refractivity contribution in [3.05, 3.63) is 77.4 Å². The third-order valence-electron chi connectivity index (χ3n) is 11.9. The lowest BCUT2D eigenvalue weighted by Gasteiger charge is -2.59. The molecule has 2 aromatic rings. The second-order valence-electron chi connectivity index (χ2n) is 16.2. The lowest BCUT2D eigenvalue weighted by molar-refractivity contribution is -0.181. The lowest BCUT2D eigenvalue weighted by atomic mass is 9.46. The number of rotatable bonds is 9. The van der Waals surface area contributed by atoms with Gasteiger partial charge in [-0.3, -0.25) is 14.4 Å². The average molecular weight is 713 g/mol. The number of ketones is 2. The number of carbonyl (C=O) groups is 4. The van der Waals surface area contributed by atoms with Crippen LogP contribution in [-0.4, -0.2) is 62.7 Å². The zero-order valence-electron chi connectivity index (χ0n) is 30.4. The van der Waals surface area contributed by atoms with Gasteiger partial charge in [0.2, 0.25) is 5.78 Å². The number of fused-ring (bicyclic) bond motifs is 5. The van der Waals surface area contributed by atoms with Crippen molar-refractivity contribution in [2.24, 2.45) is 38.8 Å². The smallest absolute Gasteiger partial charge is 0.342 e. The summed E-state index contributed by atoms with van der Waals surface area (Å²) in [5.41, 5.74) is -1.33. The van der Waals surface area contributed by atoms with Crippen LogP contribution in [0.5, 0.6) is 5.75 Å². The molecule has 0 aromatic heterocycles. The van der Waals surface area contributed by atoms with E-state index in [4.69, 9.17) is 9.47 Å². The van der Waals surface area contributed by atoms with Crippen molar-refractivity contribution in [2.45, 2.75) is 96.9 Å². The third kappa shape index (κ3) is 6.88. The van der Waals surface area contributed by atoms with Crippen LogP contribution in [0.15, 0.2) is 76.5 Å². The first-order valence-electron chi connectivity index (χ1n) is 18.0. The highest BCUT2D eigenvalue weighted by Gasteiger charge is 2.68. The Morgan fingerprint density at radius 1 is 1.04 bits per heavy atom. The maximum absolute atomic E-state index is 13.7. The second kappa shape index (κ2) is 13.8. The number of ether oxygens (including phenoxy) is 2. The highest BCUT2D eigenvalue weighted by Crippen LogP contribution is 2.67. The van der Waals surface area contributed by atoms with Crippen LogP contribution in [0.2, 0.25) is 0 Å². The molecule has 11 nitrogen and oxygen atoms in total. The van der Waals surface area contributed by atoms with E-state index in [1.165, 1.54) is 18.2 Å². The van der Waals surface area contributed by atoms with E-state index in [1.807, 2.05) is 13.0 Å². The third-order valence-corrected chi connectivity index (χ3v) is 11.9. The van der Waals surface area contributed by atoms with E-state index in [1.54, 1.807) is 57.2 Å². The molecule has 2 aromatic carbocycles. The number of aryl methyl sites for hydroxylation is 1. The minimum absolute atomic E-state index is 0.00825. The summed E-state index contributed by atoms with van der Waals surface area (Å²) in [5, 5.41) is 42.3. The quantitative estimate of drug-likeness (QED) is 0.186. The molecule has 3 fully saturated rings. The maximum Gasteiger partial charge on any atom is 0.342 e. The fraction of sp³-hybridized carbons (Fsp3) is 0.512. The summed E-state index contributed by atoms with van der Waals surface area (Å²) in [6, 6.07) is 11.3. The zero-order valence-corrected chi connectivity index (χ0v) is 30.4. The molecule has 0 amide bonds. The van der Waals surface area contributed by atoms with Gasteiger partial charge in [-0.15, -0.1) is 0 Å². The SMILES string of the molecule is CC(C)(C)OC(=O)c1cc(N=Nc2ccccc2CCC(=O)OCC(=O)C2(O)CCC3C4CCC5=CC(=O)C=CC5(C)C4C(O)CC32C)ccc1O. The number of aliphatic hydroxyl groups is 2. The number of phenols is 1. The Morgan fingerprint density at radius 3 is 2.54 bits per heavy atom. The van der Waals surface area contributed by atoms with Crippen LogP contribution in [0.25, 0.3) is 0 Å². The van der Waals surface area contributed by atoms with Crippen LogP contribution in [0, 0.1) is 28.6 Å². The summed E-state index contributed by atoms with van der Waals surface area (Å²) in [5.74, 6) is -2.19. The molecule has 7 atom stereocenters. The number of aliphatic hydroxyl groups excluding tert-OH is 1. The number of nitrogens with zero attached hydrogens (tertiary/aromatic N) is 2. The van der Waals surface area contributed by atoms with E-state index in [0.29, 0.717) is 23.4 Å². The topological polar surface area (TPSA) is 172 Å². The van der Waals surface area contributed by atoms with E-state index >= 15 is 0 Å². The molecule has 52 heavy (non-hydrogen) atoms. The Balaban J connectivity index is 1.07. The number of phenolic OH excluding ortho intramolecular Hbond substituents is 1. The van der Waals surface area contributed by atoms with Gasteiger partial charge in [-0.05, 0) is 113 Å². The Labute approximate surface area is 303 Å². The summed E-state index contributed by atoms with van der Waals surface area (Å²) in [6.45, 7) is 8.58. The van der Waals surface area contributed by atoms with E-state index in [2.05, 4.69) is 17.2 Å². The largest absolute Gasteiger partial charge is 0.507 e. The molecule has 0 bridgehead atoms. The van der Waals surface area contributed by atoms with Gasteiger partial charge in [0.25, 0.3) is 0 Å². The molecule has 6 rings (SSSR count). The first-order valence-corrected chi connectivity index (χ1v) is 18.0. The first-order chi connectivity index (χ1) is 24.4. The van der Waals surface area contributed by atoms with Crippen molar-refractivity contribution < 1.29 is 44.0 Å². The van der Waals surface area contributed by atoms with Crippen molar-refractivity contribution >= 4 is 34.9 Å². The molecular formula is C41H48N2O9. The molecule has 4 aliphatic rings. The highest BCUT2D eigenvalue weighted by atomic mass is 16.6. The molecule has 4 aliphatic carbocycles. The summed E-state index contributed by atoms with van der Waals surface area (Å²) in [7, 11) is 0. The van der Waals surface area contributed by atoms with Gasteiger partial charge in [0.1, 0.15) is 22.5 Å². The number of hydrogen-bond donors (Lipinski definition) is 3. The maximum atomic E-state index is 13.7. The average Bonchev–Trinajstić information content (AvgIpc) is 3.35. The first kappa shape index (κ1) is 37.3. The van der Waals surface area contributed by atoms with Gasteiger partial charge in [-0.2, -0.15) is 10.2 Å². The van der Waals surface area contributed by atoms with Crippen molar-refractivity contribution in [1.82, 2.24) is 0 Å². The molecule has 7 unspecified atom stereocenters. The van der Waals surface area contributed by atoms with Crippen LogP contribution in [0.4, 0.5) is 11.4 Å². The van der Waals surface area contributed by atoms with Crippen LogP contribution in [0.1, 0.15) is 89.1 Å². The van der Waals surface area contributed by atoms with Crippen molar-refractivity contribution in [3.8, 4) is 5.75 Å². The lowest BCUT2D eigenvalue weighted by Crippen LogP contribution is -2.61. The van der Waals surface area contributed by atoms with Gasteiger partial charge in [0, 0.05) is 23.2 Å². The summed E-state index contributed by atoms with van der Waals surface area (Å²) < 4.78 is 10.8. The standard InChI is InChI=1S/C41H48N2O9/c1-38(2,3)52-37(49)29-21-26(12-14-32(29)45)42-43-31-9-7-6-8-24(31)10-15-35(48)51-23-34(47)41(50)19-17-30-28-13-11-25-20-27(44)16-18-39(25,4)36(28)33(46)22-40(30,41)5/h6-9,12,14,16,18,20-21,28,30,33,36,45-46,50H,10-11,13,15,17,19,22-23H2,1-5H3. The minimum Gasteiger partial charge on any atom is -0.507 e. The number of aromatic hydroxyl groups is 1. The molecule has 0 aliphatic heterocycles. The number of benzene rings is 2. The summed E-state index contributed by atoms with van der Waals surface area (Å²) in [4.78, 5) is 51.3. The van der Waals surface area contributed by atoms with Gasteiger partial charge in [0.15, 0.2) is 12.4 Å². The minimum atomic E-state index is -1.75. The van der Waals surface area contributed by atoms with E-state index < -0.39 is 52.5 Å². The van der Waals surface area contributed by atoms with Crippen molar-refractivity contribution in [2.75, 3.05) is 6.61 Å². The van der Waals surface area contributed by atoms with Crippen LogP contribution < -0.4 is 0 Å². The normalized spacial score (nSPS) is 31.0. The number of hydrogen-bond acceptors (Lipinski definition) is 11. The molecule has 0 spiro atoms. The summed E-state index contributed by atoms with van der Waals surface area (Å²) >= 11 is 0. The zero-order chi connectivity index (χ0) is 37.6.